The largest absolute Gasteiger partial charge is 0.459 e. The van der Waals surface area contributed by atoms with Crippen LogP contribution in [0.4, 0.5) is 5.82 Å². The Labute approximate surface area is 135 Å². The molecule has 1 fully saturated rings. The third-order valence-corrected chi connectivity index (χ3v) is 4.59. The minimum absolute atomic E-state index is 0.0465. The molecule has 5 heteroatoms. The van der Waals surface area contributed by atoms with E-state index in [4.69, 9.17) is 9.40 Å². The number of aromatic nitrogens is 1. The number of nitrogens with zero attached hydrogens (tertiary/aromatic N) is 3. The van der Waals surface area contributed by atoms with Gasteiger partial charge < -0.3 is 14.2 Å². The van der Waals surface area contributed by atoms with E-state index in [1.807, 2.05) is 17.9 Å². The van der Waals surface area contributed by atoms with E-state index in [1.165, 1.54) is 12.8 Å². The van der Waals surface area contributed by atoms with Crippen LogP contribution < -0.4 is 4.90 Å². The number of anilines is 1. The SMILES string of the molecule is Cc1ccc2c(n1)N(CC1CC1)CCN(C(=O)c1ccco1)C2. The molecule has 2 aliphatic rings. The lowest BCUT2D eigenvalue weighted by Gasteiger charge is -2.23. The minimum Gasteiger partial charge on any atom is -0.459 e. The molecule has 3 heterocycles. The molecule has 0 aromatic carbocycles. The second kappa shape index (κ2) is 5.72. The van der Waals surface area contributed by atoms with Gasteiger partial charge in [-0.2, -0.15) is 0 Å². The average Bonchev–Trinajstić information content (AvgIpc) is 3.24. The fourth-order valence-electron chi connectivity index (χ4n) is 3.12. The van der Waals surface area contributed by atoms with Crippen molar-refractivity contribution in [2.45, 2.75) is 26.3 Å². The molecule has 0 unspecified atom stereocenters. The molecule has 120 valence electrons. The Kier molecular flexibility index (Phi) is 3.56. The molecular formula is C18H21N3O2. The van der Waals surface area contributed by atoms with Crippen LogP contribution in [0.3, 0.4) is 0 Å². The Hall–Kier alpha value is -2.30. The summed E-state index contributed by atoms with van der Waals surface area (Å²) in [6.45, 7) is 5.18. The maximum Gasteiger partial charge on any atom is 0.289 e. The molecule has 4 rings (SSSR count). The van der Waals surface area contributed by atoms with Gasteiger partial charge >= 0.3 is 0 Å². The van der Waals surface area contributed by atoms with Gasteiger partial charge in [-0.15, -0.1) is 0 Å². The molecule has 5 nitrogen and oxygen atoms in total. The lowest BCUT2D eigenvalue weighted by Crippen LogP contribution is -2.36. The number of fused-ring (bicyclic) bond motifs is 1. The zero-order valence-electron chi connectivity index (χ0n) is 13.4. The zero-order valence-corrected chi connectivity index (χ0v) is 13.4. The van der Waals surface area contributed by atoms with Gasteiger partial charge in [-0.1, -0.05) is 6.07 Å². The number of aryl methyl sites for hydroxylation is 1. The zero-order chi connectivity index (χ0) is 15.8. The van der Waals surface area contributed by atoms with Gasteiger partial charge in [0, 0.05) is 37.4 Å². The van der Waals surface area contributed by atoms with Crippen molar-refractivity contribution in [2.24, 2.45) is 5.92 Å². The summed E-state index contributed by atoms with van der Waals surface area (Å²) < 4.78 is 5.28. The maximum absolute atomic E-state index is 12.6. The molecule has 1 amide bonds. The molecule has 23 heavy (non-hydrogen) atoms. The van der Waals surface area contributed by atoms with Gasteiger partial charge in [0.15, 0.2) is 5.76 Å². The monoisotopic (exact) mass is 311 g/mol. The Bertz CT molecular complexity index is 707. The van der Waals surface area contributed by atoms with Gasteiger partial charge in [0.25, 0.3) is 5.91 Å². The number of hydrogen-bond acceptors (Lipinski definition) is 4. The topological polar surface area (TPSA) is 49.6 Å². The molecule has 1 saturated carbocycles. The molecule has 2 aromatic rings. The summed E-state index contributed by atoms with van der Waals surface area (Å²) in [5.74, 6) is 2.20. The number of carbonyl (C=O) groups excluding carboxylic acids is 1. The van der Waals surface area contributed by atoms with Gasteiger partial charge in [-0.05, 0) is 43.9 Å². The van der Waals surface area contributed by atoms with Crippen LogP contribution in [0.1, 0.15) is 34.7 Å². The van der Waals surface area contributed by atoms with Gasteiger partial charge in [0.05, 0.1) is 6.26 Å². The first-order chi connectivity index (χ1) is 11.2. The molecule has 1 aliphatic carbocycles. The number of amides is 1. The summed E-state index contributed by atoms with van der Waals surface area (Å²) in [5.41, 5.74) is 2.14. The van der Waals surface area contributed by atoms with E-state index in [2.05, 4.69) is 11.0 Å². The number of hydrogen-bond donors (Lipinski definition) is 0. The van der Waals surface area contributed by atoms with Gasteiger partial charge in [-0.3, -0.25) is 4.79 Å². The number of furan rings is 1. The Balaban J connectivity index is 1.62. The van der Waals surface area contributed by atoms with Crippen molar-refractivity contribution in [1.82, 2.24) is 9.88 Å². The lowest BCUT2D eigenvalue weighted by molar-refractivity contribution is 0.0719. The number of pyridine rings is 1. The van der Waals surface area contributed by atoms with Crippen molar-refractivity contribution >= 4 is 11.7 Å². The van der Waals surface area contributed by atoms with Crippen LogP contribution in [-0.2, 0) is 6.54 Å². The van der Waals surface area contributed by atoms with Crippen LogP contribution in [0.15, 0.2) is 34.9 Å². The highest BCUT2D eigenvalue weighted by molar-refractivity contribution is 5.91. The van der Waals surface area contributed by atoms with Crippen LogP contribution >= 0.6 is 0 Å². The molecule has 2 aromatic heterocycles. The third kappa shape index (κ3) is 2.96. The molecule has 0 spiro atoms. The molecular weight excluding hydrogens is 290 g/mol. The van der Waals surface area contributed by atoms with Crippen molar-refractivity contribution in [2.75, 3.05) is 24.5 Å². The summed E-state index contributed by atoms with van der Waals surface area (Å²) in [6.07, 6.45) is 4.17. The quantitative estimate of drug-likeness (QED) is 0.874. The Morgan fingerprint density at radius 3 is 2.91 bits per heavy atom. The first-order valence-electron chi connectivity index (χ1n) is 8.25. The van der Waals surface area contributed by atoms with E-state index < -0.39 is 0 Å². The standard InChI is InChI=1S/C18H21N3O2/c1-13-4-7-15-12-21(18(22)16-3-2-10-23-16)9-8-20(17(15)19-13)11-14-5-6-14/h2-4,7,10,14H,5-6,8-9,11-12H2,1H3. The molecule has 1 aliphatic heterocycles. The van der Waals surface area contributed by atoms with Gasteiger partial charge in [-0.25, -0.2) is 4.98 Å². The third-order valence-electron chi connectivity index (χ3n) is 4.59. The normalized spacial score (nSPS) is 17.8. The van der Waals surface area contributed by atoms with E-state index >= 15 is 0 Å². The minimum atomic E-state index is -0.0465. The van der Waals surface area contributed by atoms with E-state index in [0.717, 1.165) is 36.1 Å². The summed E-state index contributed by atoms with van der Waals surface area (Å²) in [5, 5.41) is 0. The molecule has 0 atom stereocenters. The van der Waals surface area contributed by atoms with Crippen LogP contribution in [0.2, 0.25) is 0 Å². The van der Waals surface area contributed by atoms with Crippen molar-refractivity contribution in [3.05, 3.63) is 47.5 Å². The predicted molar refractivity (Wildman–Crippen MR) is 87.4 cm³/mol. The first kappa shape index (κ1) is 14.3. The molecule has 0 bridgehead atoms. The highest BCUT2D eigenvalue weighted by Gasteiger charge is 2.30. The van der Waals surface area contributed by atoms with E-state index in [-0.39, 0.29) is 5.91 Å². The fraction of sp³-hybridized carbons (Fsp3) is 0.444. The fourth-order valence-corrected chi connectivity index (χ4v) is 3.12. The van der Waals surface area contributed by atoms with Crippen molar-refractivity contribution in [3.8, 4) is 0 Å². The Morgan fingerprint density at radius 2 is 2.17 bits per heavy atom. The summed E-state index contributed by atoms with van der Waals surface area (Å²) in [4.78, 5) is 21.6. The van der Waals surface area contributed by atoms with Crippen molar-refractivity contribution in [1.29, 1.82) is 0 Å². The van der Waals surface area contributed by atoms with Crippen molar-refractivity contribution in [3.63, 3.8) is 0 Å². The van der Waals surface area contributed by atoms with Crippen LogP contribution in [-0.4, -0.2) is 35.4 Å². The molecule has 0 radical (unpaired) electrons. The van der Waals surface area contributed by atoms with Crippen LogP contribution in [0.5, 0.6) is 0 Å². The first-order valence-corrected chi connectivity index (χ1v) is 8.25. The van der Waals surface area contributed by atoms with Gasteiger partial charge in [0.2, 0.25) is 0 Å². The lowest BCUT2D eigenvalue weighted by atomic mass is 10.2. The summed E-state index contributed by atoms with van der Waals surface area (Å²) in [6, 6.07) is 7.60. The van der Waals surface area contributed by atoms with Crippen LogP contribution in [0.25, 0.3) is 0 Å². The highest BCUT2D eigenvalue weighted by Crippen LogP contribution is 2.33. The molecule has 0 N–H and O–H groups in total. The van der Waals surface area contributed by atoms with E-state index in [1.54, 1.807) is 18.4 Å². The summed E-state index contributed by atoms with van der Waals surface area (Å²) >= 11 is 0. The Morgan fingerprint density at radius 1 is 1.30 bits per heavy atom. The van der Waals surface area contributed by atoms with Gasteiger partial charge in [0.1, 0.15) is 5.82 Å². The van der Waals surface area contributed by atoms with Crippen molar-refractivity contribution < 1.29 is 9.21 Å². The van der Waals surface area contributed by atoms with E-state index in [0.29, 0.717) is 18.8 Å². The van der Waals surface area contributed by atoms with E-state index in [9.17, 15) is 4.79 Å². The summed E-state index contributed by atoms with van der Waals surface area (Å²) in [7, 11) is 0. The molecule has 0 saturated heterocycles. The van der Waals surface area contributed by atoms with Crippen LogP contribution in [0, 0.1) is 12.8 Å². The number of rotatable bonds is 3. The smallest absolute Gasteiger partial charge is 0.289 e. The average molecular weight is 311 g/mol. The highest BCUT2D eigenvalue weighted by atomic mass is 16.3. The predicted octanol–water partition coefficient (Wildman–Crippen LogP) is 2.86. The second-order valence-corrected chi connectivity index (χ2v) is 6.53. The number of carbonyl (C=O) groups is 1. The maximum atomic E-state index is 12.6. The second-order valence-electron chi connectivity index (χ2n) is 6.53.